The number of nitrogens with zero attached hydrogens (tertiary/aromatic N) is 1. The molecule has 1 saturated carbocycles. The lowest BCUT2D eigenvalue weighted by Gasteiger charge is -2.57. The molecule has 3 rings (SSSR count). The third kappa shape index (κ3) is 3.04. The molecule has 1 heterocycles. The number of para-hydroxylation sites is 1. The Bertz CT molecular complexity index is 700. The number of carbonyl (C=O) groups is 1. The zero-order chi connectivity index (χ0) is 16.7. The number of hydrogen-bond acceptors (Lipinski definition) is 5. The molecule has 1 aromatic heterocycles. The molecule has 0 aliphatic heterocycles. The molecular formula is C17H24ClN3O2S. The van der Waals surface area contributed by atoms with Gasteiger partial charge in [0, 0.05) is 18.4 Å². The van der Waals surface area contributed by atoms with Crippen LogP contribution in [0.3, 0.4) is 0 Å². The second-order valence-corrected chi connectivity index (χ2v) is 7.71. The summed E-state index contributed by atoms with van der Waals surface area (Å²) in [5.41, 5.74) is 6.08. The summed E-state index contributed by atoms with van der Waals surface area (Å²) in [6, 6.07) is 7.96. The maximum atomic E-state index is 12.6. The summed E-state index contributed by atoms with van der Waals surface area (Å²) >= 11 is 1.59. The molecule has 0 bridgehead atoms. The predicted octanol–water partition coefficient (Wildman–Crippen LogP) is 2.87. The molecule has 3 N–H and O–H groups in total. The van der Waals surface area contributed by atoms with Gasteiger partial charge in [0.05, 0.1) is 22.9 Å². The molecule has 0 saturated heterocycles. The molecule has 1 aliphatic rings. The van der Waals surface area contributed by atoms with E-state index in [2.05, 4.69) is 10.3 Å². The van der Waals surface area contributed by atoms with Crippen molar-refractivity contribution in [1.29, 1.82) is 0 Å². The molecule has 0 spiro atoms. The van der Waals surface area contributed by atoms with Crippen molar-refractivity contribution in [3.8, 4) is 0 Å². The molecule has 0 radical (unpaired) electrons. The van der Waals surface area contributed by atoms with E-state index < -0.39 is 5.54 Å². The van der Waals surface area contributed by atoms with Crippen LogP contribution in [-0.2, 0) is 16.1 Å². The fourth-order valence-electron chi connectivity index (χ4n) is 3.13. The zero-order valence-corrected chi connectivity index (χ0v) is 15.8. The SMILES string of the molecule is CCOC1CC(N)(C(=O)NCc2nc3ccccc3s2)C1(C)C.Cl. The number of benzene rings is 1. The summed E-state index contributed by atoms with van der Waals surface area (Å²) in [6.45, 7) is 6.99. The van der Waals surface area contributed by atoms with Crippen LogP contribution in [0.15, 0.2) is 24.3 Å². The molecule has 2 aromatic rings. The Morgan fingerprint density at radius 2 is 2.17 bits per heavy atom. The van der Waals surface area contributed by atoms with Gasteiger partial charge in [-0.3, -0.25) is 4.79 Å². The van der Waals surface area contributed by atoms with Crippen LogP contribution in [0.4, 0.5) is 0 Å². The molecule has 2 unspecified atom stereocenters. The van der Waals surface area contributed by atoms with Gasteiger partial charge in [0.1, 0.15) is 10.5 Å². The number of halogens is 1. The first-order chi connectivity index (χ1) is 10.9. The highest BCUT2D eigenvalue weighted by Crippen LogP contribution is 2.49. The number of aromatic nitrogens is 1. The topological polar surface area (TPSA) is 77.2 Å². The number of amides is 1. The van der Waals surface area contributed by atoms with Gasteiger partial charge in [0.2, 0.25) is 5.91 Å². The van der Waals surface area contributed by atoms with E-state index in [4.69, 9.17) is 10.5 Å². The third-order valence-corrected chi connectivity index (χ3v) is 6.01. The fourth-order valence-corrected chi connectivity index (χ4v) is 4.04. The Morgan fingerprint density at radius 1 is 1.46 bits per heavy atom. The van der Waals surface area contributed by atoms with Crippen molar-refractivity contribution >= 4 is 39.9 Å². The van der Waals surface area contributed by atoms with Crippen LogP contribution < -0.4 is 11.1 Å². The van der Waals surface area contributed by atoms with E-state index in [0.29, 0.717) is 19.6 Å². The molecule has 1 aliphatic carbocycles. The highest BCUT2D eigenvalue weighted by molar-refractivity contribution is 7.18. The van der Waals surface area contributed by atoms with Crippen LogP contribution in [0, 0.1) is 5.41 Å². The van der Waals surface area contributed by atoms with Gasteiger partial charge < -0.3 is 15.8 Å². The number of thiazole rings is 1. The average Bonchev–Trinajstić information content (AvgIpc) is 2.95. The minimum Gasteiger partial charge on any atom is -0.378 e. The maximum Gasteiger partial charge on any atom is 0.241 e. The van der Waals surface area contributed by atoms with Gasteiger partial charge in [0.25, 0.3) is 0 Å². The second-order valence-electron chi connectivity index (χ2n) is 6.60. The van der Waals surface area contributed by atoms with Crippen LogP contribution in [0.5, 0.6) is 0 Å². The Labute approximate surface area is 152 Å². The Kier molecular flexibility index (Phi) is 5.54. The quantitative estimate of drug-likeness (QED) is 0.849. The number of hydrogen-bond donors (Lipinski definition) is 2. The van der Waals surface area contributed by atoms with E-state index in [1.54, 1.807) is 11.3 Å². The van der Waals surface area contributed by atoms with Gasteiger partial charge in [-0.1, -0.05) is 26.0 Å². The van der Waals surface area contributed by atoms with Crippen LogP contribution in [0.2, 0.25) is 0 Å². The summed E-state index contributed by atoms with van der Waals surface area (Å²) < 4.78 is 6.80. The number of fused-ring (bicyclic) bond motifs is 1. The lowest BCUT2D eigenvalue weighted by Crippen LogP contribution is -2.75. The Hall–Kier alpha value is -1.21. The van der Waals surface area contributed by atoms with Crippen molar-refractivity contribution in [3.63, 3.8) is 0 Å². The van der Waals surface area contributed by atoms with Crippen molar-refractivity contribution in [2.75, 3.05) is 6.61 Å². The maximum absolute atomic E-state index is 12.6. The van der Waals surface area contributed by atoms with Crippen LogP contribution in [-0.4, -0.2) is 29.1 Å². The van der Waals surface area contributed by atoms with E-state index in [1.165, 1.54) is 0 Å². The fraction of sp³-hybridized carbons (Fsp3) is 0.529. The molecular weight excluding hydrogens is 346 g/mol. The Morgan fingerprint density at radius 3 is 2.79 bits per heavy atom. The minimum absolute atomic E-state index is 0. The smallest absolute Gasteiger partial charge is 0.241 e. The van der Waals surface area contributed by atoms with Gasteiger partial charge in [-0.15, -0.1) is 23.7 Å². The van der Waals surface area contributed by atoms with Gasteiger partial charge in [-0.05, 0) is 19.1 Å². The van der Waals surface area contributed by atoms with Crippen LogP contribution in [0.1, 0.15) is 32.2 Å². The minimum atomic E-state index is -0.885. The lowest BCUT2D eigenvalue weighted by atomic mass is 9.54. The molecule has 1 fully saturated rings. The largest absolute Gasteiger partial charge is 0.378 e. The first kappa shape index (κ1) is 19.1. The average molecular weight is 370 g/mol. The van der Waals surface area contributed by atoms with Crippen molar-refractivity contribution in [3.05, 3.63) is 29.3 Å². The molecule has 1 amide bonds. The van der Waals surface area contributed by atoms with Gasteiger partial charge in [0.15, 0.2) is 0 Å². The van der Waals surface area contributed by atoms with Crippen molar-refractivity contribution < 1.29 is 9.53 Å². The number of ether oxygens (including phenoxy) is 1. The van der Waals surface area contributed by atoms with Gasteiger partial charge in [-0.25, -0.2) is 4.98 Å². The summed E-state index contributed by atoms with van der Waals surface area (Å²) in [7, 11) is 0. The number of rotatable bonds is 5. The van der Waals surface area contributed by atoms with Crippen molar-refractivity contribution in [2.24, 2.45) is 11.1 Å². The van der Waals surface area contributed by atoms with Gasteiger partial charge in [-0.2, -0.15) is 0 Å². The lowest BCUT2D eigenvalue weighted by molar-refractivity contribution is -0.170. The molecule has 7 heteroatoms. The molecule has 5 nitrogen and oxygen atoms in total. The Balaban J connectivity index is 0.00000208. The normalized spacial score (nSPS) is 24.9. The number of nitrogens with one attached hydrogen (secondary N) is 1. The van der Waals surface area contributed by atoms with E-state index in [0.717, 1.165) is 15.2 Å². The molecule has 24 heavy (non-hydrogen) atoms. The molecule has 132 valence electrons. The highest BCUT2D eigenvalue weighted by atomic mass is 35.5. The summed E-state index contributed by atoms with van der Waals surface area (Å²) in [6.07, 6.45) is 0.588. The first-order valence-electron chi connectivity index (χ1n) is 7.91. The van der Waals surface area contributed by atoms with Crippen LogP contribution >= 0.6 is 23.7 Å². The monoisotopic (exact) mass is 369 g/mol. The van der Waals surface area contributed by atoms with E-state index in [1.807, 2.05) is 45.0 Å². The summed E-state index contributed by atoms with van der Waals surface area (Å²) in [5.74, 6) is -0.127. The third-order valence-electron chi connectivity index (χ3n) is 4.97. The first-order valence-corrected chi connectivity index (χ1v) is 8.73. The number of nitrogens with two attached hydrogens (primary N) is 1. The predicted molar refractivity (Wildman–Crippen MR) is 99.4 cm³/mol. The number of carbonyl (C=O) groups excluding carboxylic acids is 1. The molecule has 1 aromatic carbocycles. The van der Waals surface area contributed by atoms with Gasteiger partial charge >= 0.3 is 0 Å². The van der Waals surface area contributed by atoms with E-state index in [-0.39, 0.29) is 29.8 Å². The molecule has 2 atom stereocenters. The standard InChI is InChI=1S/C17H23N3O2S.ClH/c1-4-22-13-9-17(18,16(13,2)3)15(21)19-10-14-20-11-7-5-6-8-12(11)23-14;/h5-8,13H,4,9-10,18H2,1-3H3,(H,19,21);1H. The highest BCUT2D eigenvalue weighted by Gasteiger charge is 2.62. The van der Waals surface area contributed by atoms with E-state index >= 15 is 0 Å². The second kappa shape index (κ2) is 6.96. The van der Waals surface area contributed by atoms with Crippen molar-refractivity contribution in [2.45, 2.75) is 45.4 Å². The van der Waals surface area contributed by atoms with Crippen molar-refractivity contribution in [1.82, 2.24) is 10.3 Å². The van der Waals surface area contributed by atoms with E-state index in [9.17, 15) is 4.79 Å². The van der Waals surface area contributed by atoms with Crippen LogP contribution in [0.25, 0.3) is 10.2 Å². The zero-order valence-electron chi connectivity index (χ0n) is 14.2. The summed E-state index contributed by atoms with van der Waals surface area (Å²) in [5, 5.41) is 3.84. The summed E-state index contributed by atoms with van der Waals surface area (Å²) in [4.78, 5) is 17.1.